The molecule has 4 fully saturated rings. The summed E-state index contributed by atoms with van der Waals surface area (Å²) >= 11 is 0. The number of alkyl halides is 1. The Bertz CT molecular complexity index is 647. The lowest BCUT2D eigenvalue weighted by atomic mass is 9.77. The van der Waals surface area contributed by atoms with Gasteiger partial charge in [0.15, 0.2) is 0 Å². The molecule has 7 nitrogen and oxygen atoms in total. The van der Waals surface area contributed by atoms with Crippen LogP contribution in [0.5, 0.6) is 0 Å². The van der Waals surface area contributed by atoms with E-state index >= 15 is 0 Å². The third kappa shape index (κ3) is 4.91. The second-order valence-corrected chi connectivity index (χ2v) is 10.3. The number of rotatable bonds is 4. The highest BCUT2D eigenvalue weighted by Crippen LogP contribution is 2.38. The van der Waals surface area contributed by atoms with Crippen LogP contribution >= 0.6 is 0 Å². The normalized spacial score (nSPS) is 41.6. The molecule has 8 heteroatoms. The van der Waals surface area contributed by atoms with Crippen molar-refractivity contribution in [3.63, 3.8) is 0 Å². The topological polar surface area (TPSA) is 84.9 Å². The molecule has 0 aromatic carbocycles. The minimum Gasteiger partial charge on any atom is -0.394 e. The van der Waals surface area contributed by atoms with Crippen LogP contribution in [0.1, 0.15) is 58.8 Å². The van der Waals surface area contributed by atoms with Gasteiger partial charge in [0.25, 0.3) is 0 Å². The minimum atomic E-state index is -0.793. The van der Waals surface area contributed by atoms with Crippen molar-refractivity contribution in [2.75, 3.05) is 26.2 Å². The van der Waals surface area contributed by atoms with Gasteiger partial charge in [-0.3, -0.25) is 14.5 Å². The molecule has 176 valence electrons. The van der Waals surface area contributed by atoms with Crippen molar-refractivity contribution in [1.82, 2.24) is 20.4 Å². The Kier molecular flexibility index (Phi) is 7.18. The Hall–Kier alpha value is -1.25. The summed E-state index contributed by atoms with van der Waals surface area (Å²) in [6.07, 6.45) is 5.32. The molecule has 0 spiro atoms. The number of carbonyl (C=O) groups is 2. The molecule has 3 N–H and O–H groups in total. The Morgan fingerprint density at radius 2 is 1.97 bits per heavy atom. The lowest BCUT2D eigenvalue weighted by Crippen LogP contribution is -2.59. The third-order valence-electron chi connectivity index (χ3n) is 8.29. The predicted molar refractivity (Wildman–Crippen MR) is 116 cm³/mol. The van der Waals surface area contributed by atoms with Gasteiger partial charge < -0.3 is 20.6 Å². The zero-order valence-electron chi connectivity index (χ0n) is 18.9. The average molecular weight is 439 g/mol. The number of nitrogens with zero attached hydrogens (tertiary/aromatic N) is 2. The van der Waals surface area contributed by atoms with Crippen molar-refractivity contribution in [3.05, 3.63) is 0 Å². The molecule has 0 aromatic rings. The summed E-state index contributed by atoms with van der Waals surface area (Å²) in [6.45, 7) is 5.84. The molecule has 2 aliphatic carbocycles. The SMILES string of the molecule is CC(=O)N1CCN([C@@H]2CCC[C@@H](NC(=O)C3CC4C(F)CCC(C)C4N3)C2)C[C@H]1CO. The van der Waals surface area contributed by atoms with Gasteiger partial charge in [-0.2, -0.15) is 0 Å². The lowest BCUT2D eigenvalue weighted by Gasteiger charge is -2.45. The van der Waals surface area contributed by atoms with E-state index in [4.69, 9.17) is 0 Å². The fraction of sp³-hybridized carbons (Fsp3) is 0.913. The number of aliphatic hydroxyl groups excluding tert-OH is 1. The maximum atomic E-state index is 14.4. The summed E-state index contributed by atoms with van der Waals surface area (Å²) in [5.74, 6) is 0.421. The van der Waals surface area contributed by atoms with Crippen LogP contribution in [0, 0.1) is 11.8 Å². The van der Waals surface area contributed by atoms with E-state index in [1.807, 2.05) is 0 Å². The summed E-state index contributed by atoms with van der Waals surface area (Å²) in [5.41, 5.74) is 0. The van der Waals surface area contributed by atoms with Gasteiger partial charge >= 0.3 is 0 Å². The van der Waals surface area contributed by atoms with Crippen LogP contribution in [0.15, 0.2) is 0 Å². The second-order valence-electron chi connectivity index (χ2n) is 10.3. The molecule has 2 aliphatic heterocycles. The number of amides is 2. The first-order valence-electron chi connectivity index (χ1n) is 12.2. The Balaban J connectivity index is 1.30. The third-order valence-corrected chi connectivity index (χ3v) is 8.29. The van der Waals surface area contributed by atoms with E-state index in [0.29, 0.717) is 37.9 Å². The highest BCUT2D eigenvalue weighted by Gasteiger charge is 2.46. The number of carbonyl (C=O) groups excluding carboxylic acids is 2. The van der Waals surface area contributed by atoms with Crippen LogP contribution in [0.2, 0.25) is 0 Å². The molecule has 4 aliphatic rings. The molecule has 0 bridgehead atoms. The van der Waals surface area contributed by atoms with E-state index in [9.17, 15) is 19.1 Å². The molecule has 8 atom stereocenters. The van der Waals surface area contributed by atoms with E-state index in [1.165, 1.54) is 0 Å². The van der Waals surface area contributed by atoms with Crippen LogP contribution in [0.25, 0.3) is 0 Å². The smallest absolute Gasteiger partial charge is 0.237 e. The van der Waals surface area contributed by atoms with Gasteiger partial charge in [0, 0.05) is 50.6 Å². The zero-order chi connectivity index (χ0) is 22.1. The van der Waals surface area contributed by atoms with Gasteiger partial charge in [-0.1, -0.05) is 6.92 Å². The number of fused-ring (bicyclic) bond motifs is 1. The number of hydrogen-bond acceptors (Lipinski definition) is 5. The summed E-state index contributed by atoms with van der Waals surface area (Å²) in [5, 5.41) is 16.4. The number of nitrogens with one attached hydrogen (secondary N) is 2. The molecular formula is C23H39FN4O3. The quantitative estimate of drug-likeness (QED) is 0.611. The van der Waals surface area contributed by atoms with E-state index in [2.05, 4.69) is 22.5 Å². The second kappa shape index (κ2) is 9.71. The molecule has 2 amide bonds. The fourth-order valence-electron chi connectivity index (χ4n) is 6.51. The molecule has 0 aromatic heterocycles. The van der Waals surface area contributed by atoms with Crippen LogP contribution in [0.4, 0.5) is 4.39 Å². The number of hydrogen-bond donors (Lipinski definition) is 3. The van der Waals surface area contributed by atoms with Crippen molar-refractivity contribution in [1.29, 1.82) is 0 Å². The van der Waals surface area contributed by atoms with Crippen molar-refractivity contribution in [3.8, 4) is 0 Å². The van der Waals surface area contributed by atoms with Crippen LogP contribution in [-0.4, -0.2) is 89.3 Å². The standard InChI is InChI=1S/C23H39FN4O3/c1-14-6-7-20(24)19-11-21(26-22(14)19)23(31)25-16-4-3-5-17(10-16)27-8-9-28(15(2)30)18(12-27)13-29/h14,16-22,26,29H,3-13H2,1-2H3,(H,25,31)/t14?,16-,17-,18+,19?,20?,21?,22?/m1/s1. The molecule has 0 radical (unpaired) electrons. The maximum Gasteiger partial charge on any atom is 0.237 e. The van der Waals surface area contributed by atoms with Gasteiger partial charge in [0.05, 0.1) is 18.7 Å². The van der Waals surface area contributed by atoms with Crippen molar-refractivity contribution < 1.29 is 19.1 Å². The van der Waals surface area contributed by atoms with E-state index in [1.54, 1.807) is 11.8 Å². The van der Waals surface area contributed by atoms with E-state index < -0.39 is 6.17 Å². The maximum absolute atomic E-state index is 14.4. The average Bonchev–Trinajstić information content (AvgIpc) is 3.23. The highest BCUT2D eigenvalue weighted by atomic mass is 19.1. The van der Waals surface area contributed by atoms with Gasteiger partial charge in [-0.05, 0) is 50.9 Å². The first-order chi connectivity index (χ1) is 14.9. The van der Waals surface area contributed by atoms with Crippen molar-refractivity contribution in [2.24, 2.45) is 11.8 Å². The molecular weight excluding hydrogens is 399 g/mol. The number of aliphatic hydroxyl groups is 1. The van der Waals surface area contributed by atoms with Crippen LogP contribution in [0.3, 0.4) is 0 Å². The minimum absolute atomic E-state index is 0.0157. The van der Waals surface area contributed by atoms with Crippen LogP contribution in [-0.2, 0) is 9.59 Å². The van der Waals surface area contributed by atoms with Gasteiger partial charge in [-0.25, -0.2) is 4.39 Å². The van der Waals surface area contributed by atoms with Crippen molar-refractivity contribution in [2.45, 2.75) is 95.2 Å². The summed E-state index contributed by atoms with van der Waals surface area (Å²) < 4.78 is 14.4. The van der Waals surface area contributed by atoms with E-state index in [-0.39, 0.29) is 48.5 Å². The Labute approximate surface area is 185 Å². The summed E-state index contributed by atoms with van der Waals surface area (Å²) in [4.78, 5) is 28.9. The number of piperazine rings is 1. The van der Waals surface area contributed by atoms with Crippen molar-refractivity contribution >= 4 is 11.8 Å². The predicted octanol–water partition coefficient (Wildman–Crippen LogP) is 1.05. The number of halogens is 1. The molecule has 2 heterocycles. The van der Waals surface area contributed by atoms with E-state index in [0.717, 1.165) is 38.6 Å². The monoisotopic (exact) mass is 438 g/mol. The molecule has 2 saturated heterocycles. The molecule has 4 rings (SSSR count). The lowest BCUT2D eigenvalue weighted by molar-refractivity contribution is -0.136. The fourth-order valence-corrected chi connectivity index (χ4v) is 6.51. The van der Waals surface area contributed by atoms with Gasteiger partial charge in [0.1, 0.15) is 6.17 Å². The summed E-state index contributed by atoms with van der Waals surface area (Å²) in [7, 11) is 0. The molecule has 5 unspecified atom stereocenters. The summed E-state index contributed by atoms with van der Waals surface area (Å²) in [6, 6.07) is 0.172. The first-order valence-corrected chi connectivity index (χ1v) is 12.2. The molecule has 2 saturated carbocycles. The van der Waals surface area contributed by atoms with Gasteiger partial charge in [0.2, 0.25) is 11.8 Å². The largest absolute Gasteiger partial charge is 0.394 e. The Morgan fingerprint density at radius 3 is 2.68 bits per heavy atom. The van der Waals surface area contributed by atoms with Crippen LogP contribution < -0.4 is 10.6 Å². The highest BCUT2D eigenvalue weighted by molar-refractivity contribution is 5.82. The van der Waals surface area contributed by atoms with Gasteiger partial charge in [-0.15, -0.1) is 0 Å². The molecule has 31 heavy (non-hydrogen) atoms. The Morgan fingerprint density at radius 1 is 1.16 bits per heavy atom. The first kappa shape index (κ1) is 22.9. The zero-order valence-corrected chi connectivity index (χ0v) is 18.9.